The SMILES string of the molecule is CCC(N)(CC)C(=O)c1c(C)ccnc1N. The van der Waals surface area contributed by atoms with Crippen molar-refractivity contribution in [1.82, 2.24) is 4.98 Å². The topological polar surface area (TPSA) is 82.0 Å². The lowest BCUT2D eigenvalue weighted by Gasteiger charge is -2.26. The lowest BCUT2D eigenvalue weighted by atomic mass is 9.84. The van der Waals surface area contributed by atoms with Gasteiger partial charge in [0.05, 0.1) is 11.1 Å². The van der Waals surface area contributed by atoms with Gasteiger partial charge in [0.2, 0.25) is 0 Å². The minimum absolute atomic E-state index is 0.111. The highest BCUT2D eigenvalue weighted by Gasteiger charge is 2.33. The number of rotatable bonds is 4. The summed E-state index contributed by atoms with van der Waals surface area (Å²) in [6.45, 7) is 5.66. The van der Waals surface area contributed by atoms with Crippen molar-refractivity contribution < 1.29 is 4.79 Å². The van der Waals surface area contributed by atoms with Crippen LogP contribution in [0.1, 0.15) is 42.6 Å². The highest BCUT2D eigenvalue weighted by molar-refractivity contribution is 6.07. The van der Waals surface area contributed by atoms with E-state index in [0.717, 1.165) is 5.56 Å². The van der Waals surface area contributed by atoms with E-state index in [0.29, 0.717) is 18.4 Å². The molecule has 0 aliphatic rings. The molecule has 0 saturated heterocycles. The molecular formula is C12H19N3O. The van der Waals surface area contributed by atoms with Crippen LogP contribution < -0.4 is 11.5 Å². The molecule has 16 heavy (non-hydrogen) atoms. The van der Waals surface area contributed by atoms with Crippen LogP contribution in [0.25, 0.3) is 0 Å². The van der Waals surface area contributed by atoms with Gasteiger partial charge >= 0.3 is 0 Å². The van der Waals surface area contributed by atoms with Crippen LogP contribution >= 0.6 is 0 Å². The summed E-state index contributed by atoms with van der Waals surface area (Å²) in [6, 6.07) is 1.77. The summed E-state index contributed by atoms with van der Waals surface area (Å²) < 4.78 is 0. The maximum absolute atomic E-state index is 12.3. The van der Waals surface area contributed by atoms with E-state index >= 15 is 0 Å². The molecule has 0 aliphatic heterocycles. The molecule has 88 valence electrons. The molecule has 0 aromatic carbocycles. The van der Waals surface area contributed by atoms with Gasteiger partial charge in [0.15, 0.2) is 5.78 Å². The molecule has 0 bridgehead atoms. The molecule has 0 radical (unpaired) electrons. The summed E-state index contributed by atoms with van der Waals surface area (Å²) in [4.78, 5) is 16.3. The Morgan fingerprint density at radius 3 is 2.44 bits per heavy atom. The fourth-order valence-electron chi connectivity index (χ4n) is 1.69. The number of Topliss-reactive ketones (excluding diaryl/α,β-unsaturated/α-hetero) is 1. The molecule has 1 aromatic heterocycles. The smallest absolute Gasteiger partial charge is 0.186 e. The first-order valence-electron chi connectivity index (χ1n) is 5.51. The van der Waals surface area contributed by atoms with Gasteiger partial charge in [0.1, 0.15) is 5.82 Å². The highest BCUT2D eigenvalue weighted by atomic mass is 16.1. The number of pyridine rings is 1. The van der Waals surface area contributed by atoms with Crippen LogP contribution in [-0.2, 0) is 0 Å². The molecule has 0 fully saturated rings. The predicted octanol–water partition coefficient (Wildman–Crippen LogP) is 1.67. The summed E-state index contributed by atoms with van der Waals surface area (Å²) in [6.07, 6.45) is 2.78. The maximum Gasteiger partial charge on any atom is 0.186 e. The van der Waals surface area contributed by atoms with Gasteiger partial charge in [-0.2, -0.15) is 0 Å². The molecule has 1 heterocycles. The van der Waals surface area contributed by atoms with Crippen LogP contribution in [0, 0.1) is 6.92 Å². The Kier molecular flexibility index (Phi) is 3.65. The molecule has 4 N–H and O–H groups in total. The quantitative estimate of drug-likeness (QED) is 0.758. The van der Waals surface area contributed by atoms with Crippen LogP contribution in [0.2, 0.25) is 0 Å². The Labute approximate surface area is 96.0 Å². The number of nitrogens with zero attached hydrogens (tertiary/aromatic N) is 1. The number of aromatic nitrogens is 1. The average molecular weight is 221 g/mol. The van der Waals surface area contributed by atoms with Crippen LogP contribution in [0.3, 0.4) is 0 Å². The second kappa shape index (κ2) is 4.61. The zero-order chi connectivity index (χ0) is 12.3. The van der Waals surface area contributed by atoms with Crippen molar-refractivity contribution in [1.29, 1.82) is 0 Å². The van der Waals surface area contributed by atoms with Gasteiger partial charge in [0, 0.05) is 6.20 Å². The van der Waals surface area contributed by atoms with Crippen LogP contribution in [-0.4, -0.2) is 16.3 Å². The van der Waals surface area contributed by atoms with Crippen molar-refractivity contribution >= 4 is 11.6 Å². The van der Waals surface area contributed by atoms with Crippen molar-refractivity contribution in [3.63, 3.8) is 0 Å². The Morgan fingerprint density at radius 1 is 1.44 bits per heavy atom. The van der Waals surface area contributed by atoms with Crippen molar-refractivity contribution in [2.75, 3.05) is 5.73 Å². The van der Waals surface area contributed by atoms with E-state index in [9.17, 15) is 4.79 Å². The van der Waals surface area contributed by atoms with Gasteiger partial charge in [-0.3, -0.25) is 4.79 Å². The summed E-state index contributed by atoms with van der Waals surface area (Å²) in [7, 11) is 0. The van der Waals surface area contributed by atoms with Crippen molar-refractivity contribution in [2.24, 2.45) is 5.73 Å². The molecular weight excluding hydrogens is 202 g/mol. The van der Waals surface area contributed by atoms with Gasteiger partial charge in [-0.15, -0.1) is 0 Å². The molecule has 0 unspecified atom stereocenters. The van der Waals surface area contributed by atoms with E-state index in [2.05, 4.69) is 4.98 Å². The Balaban J connectivity index is 3.24. The highest BCUT2D eigenvalue weighted by Crippen LogP contribution is 2.23. The van der Waals surface area contributed by atoms with E-state index in [-0.39, 0.29) is 11.6 Å². The molecule has 0 atom stereocenters. The average Bonchev–Trinajstić information content (AvgIpc) is 2.27. The minimum Gasteiger partial charge on any atom is -0.383 e. The number of ketones is 1. The normalized spacial score (nSPS) is 11.5. The van der Waals surface area contributed by atoms with Gasteiger partial charge < -0.3 is 11.5 Å². The van der Waals surface area contributed by atoms with E-state index in [1.54, 1.807) is 12.3 Å². The Hall–Kier alpha value is -1.42. The largest absolute Gasteiger partial charge is 0.383 e. The molecule has 4 heteroatoms. The van der Waals surface area contributed by atoms with Gasteiger partial charge in [-0.1, -0.05) is 13.8 Å². The fourth-order valence-corrected chi connectivity index (χ4v) is 1.69. The van der Waals surface area contributed by atoms with Crippen LogP contribution in [0.4, 0.5) is 5.82 Å². The predicted molar refractivity (Wildman–Crippen MR) is 65.2 cm³/mol. The van der Waals surface area contributed by atoms with Crippen LogP contribution in [0.15, 0.2) is 12.3 Å². The lowest BCUT2D eigenvalue weighted by molar-refractivity contribution is 0.0879. The first kappa shape index (κ1) is 12.6. The van der Waals surface area contributed by atoms with Gasteiger partial charge in [0.25, 0.3) is 0 Å². The lowest BCUT2D eigenvalue weighted by Crippen LogP contribution is -2.47. The fraction of sp³-hybridized carbons (Fsp3) is 0.500. The zero-order valence-corrected chi connectivity index (χ0v) is 10.1. The molecule has 0 saturated carbocycles. The summed E-state index contributed by atoms with van der Waals surface area (Å²) in [5, 5.41) is 0. The van der Waals surface area contributed by atoms with Gasteiger partial charge in [-0.25, -0.2) is 4.98 Å². The van der Waals surface area contributed by atoms with Crippen molar-refractivity contribution in [3.05, 3.63) is 23.4 Å². The summed E-state index contributed by atoms with van der Waals surface area (Å²) >= 11 is 0. The van der Waals surface area contributed by atoms with E-state index in [1.165, 1.54) is 0 Å². The number of aryl methyl sites for hydroxylation is 1. The van der Waals surface area contributed by atoms with Gasteiger partial charge in [-0.05, 0) is 31.4 Å². The maximum atomic E-state index is 12.3. The van der Waals surface area contributed by atoms with Crippen LogP contribution in [0.5, 0.6) is 0 Å². The number of carbonyl (C=O) groups is 1. The number of nitrogens with two attached hydrogens (primary N) is 2. The summed E-state index contributed by atoms with van der Waals surface area (Å²) in [5.74, 6) is 0.155. The third kappa shape index (κ3) is 2.07. The third-order valence-electron chi connectivity index (χ3n) is 3.13. The molecule has 1 aromatic rings. The van der Waals surface area contributed by atoms with E-state index in [1.807, 2.05) is 20.8 Å². The van der Waals surface area contributed by atoms with Crippen molar-refractivity contribution in [3.8, 4) is 0 Å². The molecule has 4 nitrogen and oxygen atoms in total. The first-order valence-corrected chi connectivity index (χ1v) is 5.51. The first-order chi connectivity index (χ1) is 7.46. The van der Waals surface area contributed by atoms with E-state index in [4.69, 9.17) is 11.5 Å². The zero-order valence-electron chi connectivity index (χ0n) is 10.1. The minimum atomic E-state index is -0.831. The molecule has 0 amide bonds. The number of nitrogen functional groups attached to an aromatic ring is 1. The van der Waals surface area contributed by atoms with E-state index < -0.39 is 5.54 Å². The number of anilines is 1. The second-order valence-electron chi connectivity index (χ2n) is 4.08. The molecule has 0 aliphatic carbocycles. The second-order valence-corrected chi connectivity index (χ2v) is 4.08. The molecule has 1 rings (SSSR count). The standard InChI is InChI=1S/C12H19N3O/c1-4-12(14,5-2)10(16)9-8(3)6-7-15-11(9)13/h6-7H,4-5,14H2,1-3H3,(H2,13,15). The third-order valence-corrected chi connectivity index (χ3v) is 3.13. The molecule has 0 spiro atoms. The number of carbonyl (C=O) groups excluding carboxylic acids is 1. The summed E-state index contributed by atoms with van der Waals surface area (Å²) in [5.41, 5.74) is 12.3. The monoisotopic (exact) mass is 221 g/mol. The van der Waals surface area contributed by atoms with Crippen molar-refractivity contribution in [2.45, 2.75) is 39.2 Å². The Morgan fingerprint density at radius 2 is 2.00 bits per heavy atom. The number of hydrogen-bond donors (Lipinski definition) is 2. The Bertz CT molecular complexity index is 377. The number of hydrogen-bond acceptors (Lipinski definition) is 4.